The zero-order valence-electron chi connectivity index (χ0n) is 13.9. The van der Waals surface area contributed by atoms with Crippen LogP contribution in [0.3, 0.4) is 0 Å². The van der Waals surface area contributed by atoms with Crippen LogP contribution in [0.1, 0.15) is 18.4 Å². The van der Waals surface area contributed by atoms with Gasteiger partial charge in [0.1, 0.15) is 5.75 Å². The molecule has 3 rings (SSSR count). The SMILES string of the molecule is FC(F)OCCN1CCCC1Cc1c[nH]c2ccc(OC(F)(F)F)cc12. The average molecular weight is 378 g/mol. The first-order chi connectivity index (χ1) is 12.3. The fourth-order valence-electron chi connectivity index (χ4n) is 3.46. The molecule has 0 saturated carbocycles. The number of likely N-dealkylation sites (tertiary alicyclic amines) is 1. The van der Waals surface area contributed by atoms with Crippen molar-refractivity contribution in [2.45, 2.75) is 38.3 Å². The molecule has 9 heteroatoms. The number of nitrogens with zero attached hydrogens (tertiary/aromatic N) is 1. The van der Waals surface area contributed by atoms with E-state index in [9.17, 15) is 22.0 Å². The van der Waals surface area contributed by atoms with E-state index in [2.05, 4.69) is 19.4 Å². The maximum absolute atomic E-state index is 12.4. The number of fused-ring (bicyclic) bond motifs is 1. The fraction of sp³-hybridized carbons (Fsp3) is 0.529. The lowest BCUT2D eigenvalue weighted by atomic mass is 10.0. The van der Waals surface area contributed by atoms with Gasteiger partial charge < -0.3 is 14.5 Å². The number of hydrogen-bond donors (Lipinski definition) is 1. The zero-order valence-corrected chi connectivity index (χ0v) is 13.9. The molecule has 1 aromatic heterocycles. The topological polar surface area (TPSA) is 37.5 Å². The Morgan fingerprint density at radius 2 is 2.08 bits per heavy atom. The number of hydrogen-bond acceptors (Lipinski definition) is 3. The van der Waals surface area contributed by atoms with Crippen LogP contribution in [-0.4, -0.2) is 48.6 Å². The normalized spacial score (nSPS) is 18.9. The number of ether oxygens (including phenoxy) is 2. The highest BCUT2D eigenvalue weighted by atomic mass is 19.4. The number of alkyl halides is 5. The average Bonchev–Trinajstić information content (AvgIpc) is 3.13. The minimum Gasteiger partial charge on any atom is -0.406 e. The summed E-state index contributed by atoms with van der Waals surface area (Å²) < 4.78 is 69.8. The van der Waals surface area contributed by atoms with Gasteiger partial charge in [-0.1, -0.05) is 0 Å². The van der Waals surface area contributed by atoms with E-state index < -0.39 is 13.0 Å². The van der Waals surface area contributed by atoms with Gasteiger partial charge in [-0.25, -0.2) is 0 Å². The minimum atomic E-state index is -4.74. The van der Waals surface area contributed by atoms with Crippen molar-refractivity contribution < 1.29 is 31.4 Å². The van der Waals surface area contributed by atoms with E-state index in [1.54, 1.807) is 12.3 Å². The predicted molar refractivity (Wildman–Crippen MR) is 85.2 cm³/mol. The summed E-state index contributed by atoms with van der Waals surface area (Å²) in [5, 5.41) is 0.669. The Hall–Kier alpha value is -1.87. The Morgan fingerprint density at radius 3 is 2.81 bits per heavy atom. The van der Waals surface area contributed by atoms with Gasteiger partial charge in [0.2, 0.25) is 0 Å². The second-order valence-electron chi connectivity index (χ2n) is 6.24. The molecule has 1 N–H and O–H groups in total. The molecule has 1 atom stereocenters. The first-order valence-corrected chi connectivity index (χ1v) is 8.31. The summed E-state index contributed by atoms with van der Waals surface area (Å²) in [6, 6.07) is 4.32. The van der Waals surface area contributed by atoms with E-state index in [0.717, 1.165) is 30.5 Å². The van der Waals surface area contributed by atoms with Crippen molar-refractivity contribution in [2.24, 2.45) is 0 Å². The van der Waals surface area contributed by atoms with Crippen molar-refractivity contribution in [3.8, 4) is 5.75 Å². The van der Waals surface area contributed by atoms with Gasteiger partial charge in [0.15, 0.2) is 0 Å². The Bertz CT molecular complexity index is 732. The zero-order chi connectivity index (χ0) is 18.7. The highest BCUT2D eigenvalue weighted by Gasteiger charge is 2.31. The molecule has 26 heavy (non-hydrogen) atoms. The van der Waals surface area contributed by atoms with Gasteiger partial charge in [-0.15, -0.1) is 13.2 Å². The lowest BCUT2D eigenvalue weighted by Gasteiger charge is -2.24. The summed E-state index contributed by atoms with van der Waals surface area (Å²) in [6.07, 6.45) is -0.500. The molecule has 0 bridgehead atoms. The Balaban J connectivity index is 1.70. The third-order valence-electron chi connectivity index (χ3n) is 4.55. The highest BCUT2D eigenvalue weighted by Crippen LogP contribution is 2.30. The third kappa shape index (κ3) is 4.85. The second kappa shape index (κ2) is 7.79. The van der Waals surface area contributed by atoms with Crippen LogP contribution in [-0.2, 0) is 11.2 Å². The molecular weight excluding hydrogens is 359 g/mol. The molecule has 0 spiro atoms. The second-order valence-corrected chi connectivity index (χ2v) is 6.24. The van der Waals surface area contributed by atoms with E-state index in [-0.39, 0.29) is 18.4 Å². The van der Waals surface area contributed by atoms with Crippen LogP contribution >= 0.6 is 0 Å². The van der Waals surface area contributed by atoms with Gasteiger partial charge in [0, 0.05) is 29.7 Å². The maximum Gasteiger partial charge on any atom is 0.573 e. The van der Waals surface area contributed by atoms with Gasteiger partial charge in [0.05, 0.1) is 6.61 Å². The molecule has 0 radical (unpaired) electrons. The third-order valence-corrected chi connectivity index (χ3v) is 4.55. The Labute approximate surface area is 146 Å². The summed E-state index contributed by atoms with van der Waals surface area (Å²) in [6.45, 7) is -1.63. The number of aromatic amines is 1. The lowest BCUT2D eigenvalue weighted by Crippen LogP contribution is -2.34. The molecule has 2 heterocycles. The Kier molecular flexibility index (Phi) is 5.67. The smallest absolute Gasteiger partial charge is 0.406 e. The van der Waals surface area contributed by atoms with E-state index in [4.69, 9.17) is 0 Å². The number of halogens is 5. The van der Waals surface area contributed by atoms with Crippen molar-refractivity contribution in [3.05, 3.63) is 30.0 Å². The van der Waals surface area contributed by atoms with Crippen molar-refractivity contribution in [2.75, 3.05) is 19.7 Å². The number of rotatable bonds is 7. The van der Waals surface area contributed by atoms with Crippen molar-refractivity contribution in [3.63, 3.8) is 0 Å². The molecule has 2 aromatic rings. The van der Waals surface area contributed by atoms with E-state index >= 15 is 0 Å². The summed E-state index contributed by atoms with van der Waals surface area (Å²) in [4.78, 5) is 5.13. The first kappa shape index (κ1) is 18.9. The lowest BCUT2D eigenvalue weighted by molar-refractivity contribution is -0.274. The van der Waals surface area contributed by atoms with Crippen molar-refractivity contribution in [1.29, 1.82) is 0 Å². The van der Waals surface area contributed by atoms with Crippen LogP contribution in [0.4, 0.5) is 22.0 Å². The molecule has 1 aliphatic rings. The predicted octanol–water partition coefficient (Wildman–Crippen LogP) is 4.31. The number of benzene rings is 1. The number of H-pyrrole nitrogens is 1. The first-order valence-electron chi connectivity index (χ1n) is 8.31. The van der Waals surface area contributed by atoms with Crippen LogP contribution in [0.15, 0.2) is 24.4 Å². The molecule has 1 saturated heterocycles. The van der Waals surface area contributed by atoms with Gasteiger partial charge in [-0.3, -0.25) is 4.90 Å². The van der Waals surface area contributed by atoms with Crippen LogP contribution in [0.5, 0.6) is 5.75 Å². The molecule has 1 aliphatic heterocycles. The number of nitrogens with one attached hydrogen (secondary N) is 1. The largest absolute Gasteiger partial charge is 0.573 e. The van der Waals surface area contributed by atoms with Gasteiger partial charge in [0.25, 0.3) is 0 Å². The number of aromatic nitrogens is 1. The van der Waals surface area contributed by atoms with E-state index in [1.165, 1.54) is 12.1 Å². The molecule has 144 valence electrons. The van der Waals surface area contributed by atoms with E-state index in [1.807, 2.05) is 0 Å². The van der Waals surface area contributed by atoms with Crippen LogP contribution in [0.25, 0.3) is 10.9 Å². The summed E-state index contributed by atoms with van der Waals surface area (Å²) >= 11 is 0. The summed E-state index contributed by atoms with van der Waals surface area (Å²) in [5.74, 6) is -0.264. The standard InChI is InChI=1S/C17H19F5N2O2/c18-16(19)25-7-6-24-5-1-2-12(24)8-11-10-23-15-4-3-13(9-14(11)15)26-17(20,21)22/h3-4,9-10,12,16,23H,1-2,5-8H2. The minimum absolute atomic E-state index is 0.0500. The van der Waals surface area contributed by atoms with Gasteiger partial charge in [-0.05, 0) is 49.6 Å². The van der Waals surface area contributed by atoms with E-state index in [0.29, 0.717) is 18.4 Å². The fourth-order valence-corrected chi connectivity index (χ4v) is 3.46. The molecule has 4 nitrogen and oxygen atoms in total. The van der Waals surface area contributed by atoms with Crippen molar-refractivity contribution >= 4 is 10.9 Å². The Morgan fingerprint density at radius 1 is 1.27 bits per heavy atom. The molecule has 0 aliphatic carbocycles. The molecule has 0 amide bonds. The van der Waals surface area contributed by atoms with Crippen molar-refractivity contribution in [1.82, 2.24) is 9.88 Å². The molecular formula is C17H19F5N2O2. The highest BCUT2D eigenvalue weighted by molar-refractivity contribution is 5.84. The van der Waals surface area contributed by atoms with Crippen LogP contribution in [0.2, 0.25) is 0 Å². The van der Waals surface area contributed by atoms with Gasteiger partial charge in [-0.2, -0.15) is 8.78 Å². The monoisotopic (exact) mass is 378 g/mol. The molecule has 1 aromatic carbocycles. The quantitative estimate of drug-likeness (QED) is 0.730. The molecule has 1 unspecified atom stereocenters. The summed E-state index contributed by atoms with van der Waals surface area (Å²) in [7, 11) is 0. The summed E-state index contributed by atoms with van der Waals surface area (Å²) in [5.41, 5.74) is 1.60. The van der Waals surface area contributed by atoms with Crippen LogP contribution < -0.4 is 4.74 Å². The van der Waals surface area contributed by atoms with Gasteiger partial charge >= 0.3 is 13.0 Å². The maximum atomic E-state index is 12.4. The molecule has 1 fully saturated rings. The van der Waals surface area contributed by atoms with Crippen LogP contribution in [0, 0.1) is 0 Å².